The Bertz CT molecular complexity index is 1340. The molecule has 0 spiro atoms. The summed E-state index contributed by atoms with van der Waals surface area (Å²) in [7, 11) is -7.11. The Morgan fingerprint density at radius 2 is 1.84 bits per heavy atom. The molecule has 0 fully saturated rings. The molecular weight excluding hydrogens is 461 g/mol. The third kappa shape index (κ3) is 5.31. The number of pyridine rings is 1. The third-order valence-electron chi connectivity index (χ3n) is 4.15. The monoisotopic (exact) mass is 478 g/mol. The number of fused-ring (bicyclic) bond motifs is 1. The van der Waals surface area contributed by atoms with Crippen LogP contribution in [0, 0.1) is 0 Å². The van der Waals surface area contributed by atoms with Crippen LogP contribution in [-0.2, 0) is 25.9 Å². The van der Waals surface area contributed by atoms with Gasteiger partial charge in [-0.15, -0.1) is 0 Å². The predicted molar refractivity (Wildman–Crippen MR) is 104 cm³/mol. The van der Waals surface area contributed by atoms with E-state index in [4.69, 9.17) is 4.74 Å². The van der Waals surface area contributed by atoms with Gasteiger partial charge in [-0.3, -0.25) is 4.40 Å². The number of imidazole rings is 1. The topological polar surface area (TPSA) is 121 Å². The second-order valence-corrected chi connectivity index (χ2v) is 11.1. The lowest BCUT2D eigenvalue weighted by molar-refractivity contribution is -0.141. The molecule has 0 aromatic carbocycles. The number of ether oxygens (including phenoxy) is 1. The minimum absolute atomic E-state index is 0.0239. The molecule has 0 radical (unpaired) electrons. The first-order valence-electron chi connectivity index (χ1n) is 8.76. The number of aromatic nitrogens is 4. The van der Waals surface area contributed by atoms with E-state index < -0.39 is 31.5 Å². The standard InChI is InChI=1S/C17H17F3N4O5S2/c1-3-31(27,28)13-6-11(29-4-5-30(2,25)26)8-21-16(13)12-9-24-10-22-14(17(18,19)20)7-15(24)23-12/h6-10H,3-5H2,1-2H3. The summed E-state index contributed by atoms with van der Waals surface area (Å²) >= 11 is 0. The quantitative estimate of drug-likeness (QED) is 0.506. The molecule has 0 amide bonds. The summed E-state index contributed by atoms with van der Waals surface area (Å²) in [5, 5.41) is 0. The summed E-state index contributed by atoms with van der Waals surface area (Å²) in [5.41, 5.74) is -1.28. The second-order valence-electron chi connectivity index (χ2n) is 6.56. The van der Waals surface area contributed by atoms with Crippen molar-refractivity contribution in [3.8, 4) is 17.1 Å². The Labute approximate surface area is 175 Å². The van der Waals surface area contributed by atoms with Crippen LogP contribution in [0.1, 0.15) is 12.6 Å². The average Bonchev–Trinajstić information content (AvgIpc) is 3.09. The van der Waals surface area contributed by atoms with E-state index in [2.05, 4.69) is 15.0 Å². The van der Waals surface area contributed by atoms with Gasteiger partial charge in [0, 0.05) is 24.6 Å². The summed E-state index contributed by atoms with van der Waals surface area (Å²) in [6, 6.07) is 1.92. The lowest BCUT2D eigenvalue weighted by Gasteiger charge is -2.10. The van der Waals surface area contributed by atoms with Crippen molar-refractivity contribution in [2.75, 3.05) is 24.4 Å². The summed E-state index contributed by atoms with van der Waals surface area (Å²) in [6.45, 7) is 1.21. The Morgan fingerprint density at radius 3 is 2.45 bits per heavy atom. The number of alkyl halides is 3. The van der Waals surface area contributed by atoms with Crippen LogP contribution in [0.25, 0.3) is 17.0 Å². The molecular formula is C17H17F3N4O5S2. The van der Waals surface area contributed by atoms with Crippen molar-refractivity contribution in [2.45, 2.75) is 18.0 Å². The molecule has 14 heteroatoms. The van der Waals surface area contributed by atoms with Gasteiger partial charge in [0.2, 0.25) is 0 Å². The largest absolute Gasteiger partial charge is 0.491 e. The fourth-order valence-electron chi connectivity index (χ4n) is 2.56. The van der Waals surface area contributed by atoms with Crippen LogP contribution < -0.4 is 4.74 Å². The molecule has 3 heterocycles. The molecule has 0 unspecified atom stereocenters. The maximum absolute atomic E-state index is 12.9. The molecule has 9 nitrogen and oxygen atoms in total. The highest BCUT2D eigenvalue weighted by molar-refractivity contribution is 7.91. The van der Waals surface area contributed by atoms with Crippen molar-refractivity contribution in [2.24, 2.45) is 0 Å². The number of hydrogen-bond acceptors (Lipinski definition) is 8. The molecule has 31 heavy (non-hydrogen) atoms. The summed E-state index contributed by atoms with van der Waals surface area (Å²) in [5.74, 6) is -0.517. The van der Waals surface area contributed by atoms with Crippen LogP contribution in [0.5, 0.6) is 5.75 Å². The molecule has 0 bridgehead atoms. The Morgan fingerprint density at radius 1 is 1.13 bits per heavy atom. The third-order valence-corrected chi connectivity index (χ3v) is 6.80. The van der Waals surface area contributed by atoms with Gasteiger partial charge >= 0.3 is 6.18 Å². The molecule has 168 valence electrons. The van der Waals surface area contributed by atoms with Gasteiger partial charge in [0.05, 0.1) is 22.6 Å². The molecule has 0 aliphatic heterocycles. The lowest BCUT2D eigenvalue weighted by atomic mass is 10.3. The van der Waals surface area contributed by atoms with Gasteiger partial charge in [-0.2, -0.15) is 13.2 Å². The van der Waals surface area contributed by atoms with Gasteiger partial charge in [0.15, 0.2) is 19.7 Å². The van der Waals surface area contributed by atoms with Gasteiger partial charge in [0.1, 0.15) is 41.4 Å². The molecule has 3 aromatic heterocycles. The summed E-state index contributed by atoms with van der Waals surface area (Å²) in [6.07, 6.45) is -0.203. The highest BCUT2D eigenvalue weighted by atomic mass is 32.2. The van der Waals surface area contributed by atoms with E-state index in [-0.39, 0.29) is 45.8 Å². The maximum atomic E-state index is 12.9. The van der Waals surface area contributed by atoms with Crippen molar-refractivity contribution in [1.29, 1.82) is 0 Å². The smallest absolute Gasteiger partial charge is 0.433 e. The van der Waals surface area contributed by atoms with Crippen LogP contribution in [0.4, 0.5) is 13.2 Å². The number of rotatable bonds is 7. The van der Waals surface area contributed by atoms with Crippen molar-refractivity contribution < 1.29 is 34.7 Å². The second kappa shape index (κ2) is 8.07. The van der Waals surface area contributed by atoms with E-state index in [0.29, 0.717) is 0 Å². The molecule has 0 atom stereocenters. The van der Waals surface area contributed by atoms with Gasteiger partial charge in [-0.05, 0) is 0 Å². The predicted octanol–water partition coefficient (Wildman–Crippen LogP) is 2.03. The first kappa shape index (κ1) is 22.9. The van der Waals surface area contributed by atoms with Crippen molar-refractivity contribution in [3.05, 3.63) is 36.5 Å². The minimum atomic E-state index is -4.66. The Hall–Kier alpha value is -2.74. The van der Waals surface area contributed by atoms with E-state index in [9.17, 15) is 30.0 Å². The number of hydrogen-bond donors (Lipinski definition) is 0. The van der Waals surface area contributed by atoms with E-state index in [1.54, 1.807) is 0 Å². The SMILES string of the molecule is CCS(=O)(=O)c1cc(OCCS(C)(=O)=O)cnc1-c1cn2cnc(C(F)(F)F)cc2n1. The summed E-state index contributed by atoms with van der Waals surface area (Å²) in [4.78, 5) is 11.2. The minimum Gasteiger partial charge on any atom is -0.491 e. The van der Waals surface area contributed by atoms with Crippen molar-refractivity contribution in [3.63, 3.8) is 0 Å². The average molecular weight is 478 g/mol. The van der Waals surface area contributed by atoms with E-state index in [1.165, 1.54) is 29.8 Å². The maximum Gasteiger partial charge on any atom is 0.433 e. The van der Waals surface area contributed by atoms with E-state index in [1.807, 2.05) is 0 Å². The first-order chi connectivity index (χ1) is 14.3. The highest BCUT2D eigenvalue weighted by Crippen LogP contribution is 2.31. The molecule has 0 N–H and O–H groups in total. The zero-order chi connectivity index (χ0) is 23.0. The van der Waals surface area contributed by atoms with E-state index >= 15 is 0 Å². The Balaban J connectivity index is 2.05. The normalized spacial score (nSPS) is 12.9. The van der Waals surface area contributed by atoms with Gasteiger partial charge in [-0.1, -0.05) is 6.92 Å². The zero-order valence-electron chi connectivity index (χ0n) is 16.3. The zero-order valence-corrected chi connectivity index (χ0v) is 17.9. The molecule has 0 aliphatic rings. The highest BCUT2D eigenvalue weighted by Gasteiger charge is 2.33. The molecule has 0 aliphatic carbocycles. The van der Waals surface area contributed by atoms with Crippen LogP contribution in [0.2, 0.25) is 0 Å². The summed E-state index contributed by atoms with van der Waals surface area (Å²) < 4.78 is 92.8. The van der Waals surface area contributed by atoms with Crippen molar-refractivity contribution in [1.82, 2.24) is 19.4 Å². The van der Waals surface area contributed by atoms with Crippen LogP contribution in [0.15, 0.2) is 35.7 Å². The van der Waals surface area contributed by atoms with Crippen LogP contribution in [0.3, 0.4) is 0 Å². The van der Waals surface area contributed by atoms with Gasteiger partial charge in [0.25, 0.3) is 0 Å². The molecule has 3 rings (SSSR count). The Kier molecular flexibility index (Phi) is 5.97. The number of halogens is 3. The van der Waals surface area contributed by atoms with E-state index in [0.717, 1.165) is 18.6 Å². The molecule has 0 saturated heterocycles. The molecule has 0 saturated carbocycles. The van der Waals surface area contributed by atoms with Gasteiger partial charge < -0.3 is 4.74 Å². The first-order valence-corrected chi connectivity index (χ1v) is 12.5. The van der Waals surface area contributed by atoms with Crippen LogP contribution in [-0.4, -0.2) is 60.6 Å². The fraction of sp³-hybridized carbons (Fsp3) is 0.353. The fourth-order valence-corrected chi connectivity index (χ4v) is 4.01. The number of nitrogens with zero attached hydrogens (tertiary/aromatic N) is 4. The van der Waals surface area contributed by atoms with Crippen molar-refractivity contribution >= 4 is 25.3 Å². The lowest BCUT2D eigenvalue weighted by Crippen LogP contribution is -2.13. The molecule has 3 aromatic rings. The number of sulfone groups is 2. The van der Waals surface area contributed by atoms with Crippen LogP contribution >= 0.6 is 0 Å². The van der Waals surface area contributed by atoms with Gasteiger partial charge in [-0.25, -0.2) is 31.8 Å².